The molecule has 4 heteroatoms. The van der Waals surface area contributed by atoms with Crippen molar-refractivity contribution in [2.75, 3.05) is 18.5 Å². The van der Waals surface area contributed by atoms with Gasteiger partial charge in [0.25, 0.3) is 5.91 Å². The molecule has 1 amide bonds. The zero-order valence-corrected chi connectivity index (χ0v) is 15.6. The third-order valence-electron chi connectivity index (χ3n) is 4.07. The quantitative estimate of drug-likeness (QED) is 0.602. The monoisotopic (exact) mass is 361 g/mol. The molecule has 0 aromatic heterocycles. The van der Waals surface area contributed by atoms with Gasteiger partial charge in [-0.2, -0.15) is 0 Å². The van der Waals surface area contributed by atoms with Crippen molar-refractivity contribution >= 4 is 11.6 Å². The van der Waals surface area contributed by atoms with Crippen LogP contribution in [0.4, 0.5) is 5.69 Å². The van der Waals surface area contributed by atoms with Crippen LogP contribution < -0.4 is 14.8 Å². The molecule has 27 heavy (non-hydrogen) atoms. The second-order valence-corrected chi connectivity index (χ2v) is 6.35. The number of nitrogens with one attached hydrogen (secondary N) is 1. The van der Waals surface area contributed by atoms with Gasteiger partial charge in [0.1, 0.15) is 24.7 Å². The van der Waals surface area contributed by atoms with E-state index in [9.17, 15) is 4.79 Å². The number of carbonyl (C=O) groups is 1. The van der Waals surface area contributed by atoms with Crippen molar-refractivity contribution in [2.45, 2.75) is 13.8 Å². The summed E-state index contributed by atoms with van der Waals surface area (Å²) >= 11 is 0. The first-order chi connectivity index (χ1) is 13.1. The van der Waals surface area contributed by atoms with E-state index < -0.39 is 0 Å². The first kappa shape index (κ1) is 18.5. The zero-order chi connectivity index (χ0) is 19.1. The zero-order valence-electron chi connectivity index (χ0n) is 15.6. The fourth-order valence-corrected chi connectivity index (χ4v) is 2.50. The number of carbonyl (C=O) groups excluding carboxylic acids is 1. The average Bonchev–Trinajstić information content (AvgIpc) is 2.69. The predicted molar refractivity (Wildman–Crippen MR) is 108 cm³/mol. The van der Waals surface area contributed by atoms with E-state index in [1.165, 1.54) is 5.56 Å². The molecule has 0 radical (unpaired) electrons. The maximum atomic E-state index is 12.3. The Labute approximate surface area is 159 Å². The van der Waals surface area contributed by atoms with E-state index in [1.807, 2.05) is 62.4 Å². The van der Waals surface area contributed by atoms with Crippen molar-refractivity contribution in [3.63, 3.8) is 0 Å². The Kier molecular flexibility index (Phi) is 6.10. The minimum absolute atomic E-state index is 0.145. The minimum atomic E-state index is -0.145. The first-order valence-corrected chi connectivity index (χ1v) is 8.90. The van der Waals surface area contributed by atoms with Crippen LogP contribution in [0.25, 0.3) is 0 Å². The number of hydrogen-bond donors (Lipinski definition) is 1. The van der Waals surface area contributed by atoms with Crippen LogP contribution in [0.3, 0.4) is 0 Å². The highest BCUT2D eigenvalue weighted by Gasteiger charge is 2.06. The molecule has 0 aliphatic heterocycles. The van der Waals surface area contributed by atoms with Gasteiger partial charge in [0.2, 0.25) is 0 Å². The molecule has 138 valence electrons. The van der Waals surface area contributed by atoms with Crippen molar-refractivity contribution in [1.82, 2.24) is 0 Å². The van der Waals surface area contributed by atoms with Gasteiger partial charge < -0.3 is 14.8 Å². The van der Waals surface area contributed by atoms with Gasteiger partial charge >= 0.3 is 0 Å². The van der Waals surface area contributed by atoms with E-state index >= 15 is 0 Å². The van der Waals surface area contributed by atoms with E-state index in [1.54, 1.807) is 24.3 Å². The summed E-state index contributed by atoms with van der Waals surface area (Å²) in [6, 6.07) is 22.7. The summed E-state index contributed by atoms with van der Waals surface area (Å²) in [5, 5.41) is 2.88. The van der Waals surface area contributed by atoms with Gasteiger partial charge in [0.05, 0.1) is 0 Å². The lowest BCUT2D eigenvalue weighted by atomic mass is 10.2. The van der Waals surface area contributed by atoms with Crippen LogP contribution in [0.2, 0.25) is 0 Å². The molecule has 0 unspecified atom stereocenters. The molecule has 3 aromatic carbocycles. The number of amides is 1. The number of ether oxygens (including phenoxy) is 2. The summed E-state index contributed by atoms with van der Waals surface area (Å²) in [5.74, 6) is 1.38. The van der Waals surface area contributed by atoms with Crippen molar-refractivity contribution in [3.8, 4) is 11.5 Å². The van der Waals surface area contributed by atoms with Crippen LogP contribution >= 0.6 is 0 Å². The fourth-order valence-electron chi connectivity index (χ4n) is 2.50. The molecule has 4 nitrogen and oxygen atoms in total. The normalized spacial score (nSPS) is 10.3. The predicted octanol–water partition coefficient (Wildman–Crippen LogP) is 5.01. The molecular formula is C23H23NO3. The van der Waals surface area contributed by atoms with Crippen LogP contribution in [-0.2, 0) is 0 Å². The van der Waals surface area contributed by atoms with Gasteiger partial charge in [-0.15, -0.1) is 0 Å². The molecule has 0 saturated carbocycles. The van der Waals surface area contributed by atoms with Crippen molar-refractivity contribution in [3.05, 3.63) is 89.5 Å². The fraction of sp³-hybridized carbons (Fsp3) is 0.174. The smallest absolute Gasteiger partial charge is 0.255 e. The van der Waals surface area contributed by atoms with Gasteiger partial charge in [-0.05, 0) is 62.4 Å². The Hall–Kier alpha value is -3.27. The van der Waals surface area contributed by atoms with E-state index in [-0.39, 0.29) is 5.91 Å². The lowest BCUT2D eigenvalue weighted by Crippen LogP contribution is -2.12. The highest BCUT2D eigenvalue weighted by atomic mass is 16.5. The number of benzene rings is 3. The van der Waals surface area contributed by atoms with Crippen molar-refractivity contribution in [1.29, 1.82) is 0 Å². The molecule has 0 bridgehead atoms. The molecule has 0 aliphatic rings. The van der Waals surface area contributed by atoms with Crippen LogP contribution in [-0.4, -0.2) is 19.1 Å². The molecule has 0 spiro atoms. The van der Waals surface area contributed by atoms with Crippen LogP contribution in [0.1, 0.15) is 21.5 Å². The Morgan fingerprint density at radius 3 is 1.67 bits per heavy atom. The lowest BCUT2D eigenvalue weighted by Gasteiger charge is -2.09. The Bertz CT molecular complexity index is 869. The molecule has 0 aliphatic carbocycles. The standard InChI is InChI=1S/C23H23NO3/c1-17-3-9-20(10-4-17)24-23(25)19-7-13-22(14-8-19)27-16-15-26-21-11-5-18(2)6-12-21/h3-14H,15-16H2,1-2H3,(H,24,25). The highest BCUT2D eigenvalue weighted by Crippen LogP contribution is 2.15. The minimum Gasteiger partial charge on any atom is -0.490 e. The van der Waals surface area contributed by atoms with E-state index in [2.05, 4.69) is 5.32 Å². The maximum absolute atomic E-state index is 12.3. The third-order valence-corrected chi connectivity index (χ3v) is 4.07. The van der Waals surface area contributed by atoms with Crippen LogP contribution in [0.5, 0.6) is 11.5 Å². The van der Waals surface area contributed by atoms with E-state index in [0.29, 0.717) is 24.5 Å². The summed E-state index contributed by atoms with van der Waals surface area (Å²) in [5.41, 5.74) is 3.71. The van der Waals surface area contributed by atoms with Gasteiger partial charge in [0, 0.05) is 11.3 Å². The number of anilines is 1. The van der Waals surface area contributed by atoms with E-state index in [4.69, 9.17) is 9.47 Å². The summed E-state index contributed by atoms with van der Waals surface area (Å²) in [4.78, 5) is 12.3. The highest BCUT2D eigenvalue weighted by molar-refractivity contribution is 6.04. The molecule has 1 N–H and O–H groups in total. The molecule has 3 aromatic rings. The molecule has 0 saturated heterocycles. The van der Waals surface area contributed by atoms with Gasteiger partial charge in [-0.3, -0.25) is 4.79 Å². The molecule has 3 rings (SSSR count). The maximum Gasteiger partial charge on any atom is 0.255 e. The third kappa shape index (κ3) is 5.61. The summed E-state index contributed by atoms with van der Waals surface area (Å²) in [6.07, 6.45) is 0. The van der Waals surface area contributed by atoms with Crippen LogP contribution in [0, 0.1) is 13.8 Å². The summed E-state index contributed by atoms with van der Waals surface area (Å²) in [7, 11) is 0. The molecule has 0 heterocycles. The largest absolute Gasteiger partial charge is 0.490 e. The first-order valence-electron chi connectivity index (χ1n) is 8.90. The molecule has 0 fully saturated rings. The van der Waals surface area contributed by atoms with Crippen LogP contribution in [0.15, 0.2) is 72.8 Å². The number of rotatable bonds is 7. The lowest BCUT2D eigenvalue weighted by molar-refractivity contribution is 0.102. The molecular weight excluding hydrogens is 338 g/mol. The van der Waals surface area contributed by atoms with Crippen molar-refractivity contribution < 1.29 is 14.3 Å². The SMILES string of the molecule is Cc1ccc(NC(=O)c2ccc(OCCOc3ccc(C)cc3)cc2)cc1. The Morgan fingerprint density at radius 1 is 0.704 bits per heavy atom. The van der Waals surface area contributed by atoms with Gasteiger partial charge in [0.15, 0.2) is 0 Å². The van der Waals surface area contributed by atoms with Crippen molar-refractivity contribution in [2.24, 2.45) is 0 Å². The second-order valence-electron chi connectivity index (χ2n) is 6.35. The summed E-state index contributed by atoms with van der Waals surface area (Å²) < 4.78 is 11.3. The Morgan fingerprint density at radius 2 is 1.15 bits per heavy atom. The van der Waals surface area contributed by atoms with Gasteiger partial charge in [-0.25, -0.2) is 0 Å². The Balaban J connectivity index is 1.45. The van der Waals surface area contributed by atoms with Gasteiger partial charge in [-0.1, -0.05) is 35.4 Å². The topological polar surface area (TPSA) is 47.6 Å². The molecule has 0 atom stereocenters. The second kappa shape index (κ2) is 8.90. The van der Waals surface area contributed by atoms with E-state index in [0.717, 1.165) is 17.0 Å². The summed E-state index contributed by atoms with van der Waals surface area (Å²) in [6.45, 7) is 4.94. The number of hydrogen-bond acceptors (Lipinski definition) is 3. The number of aryl methyl sites for hydroxylation is 2. The average molecular weight is 361 g/mol.